The van der Waals surface area contributed by atoms with E-state index >= 15 is 0 Å². The molecule has 1 atom stereocenters. The zero-order valence-corrected chi connectivity index (χ0v) is 10.2. The van der Waals surface area contributed by atoms with Crippen molar-refractivity contribution in [1.82, 2.24) is 0 Å². The number of Topliss-reactive ketones (excluding diaryl/α,β-unsaturated/α-hetero) is 1. The molecule has 2 N–H and O–H groups in total. The molecule has 0 radical (unpaired) electrons. The molecule has 0 saturated heterocycles. The third kappa shape index (κ3) is 2.81. The minimum absolute atomic E-state index is 0.175. The van der Waals surface area contributed by atoms with Gasteiger partial charge in [0.2, 0.25) is 0 Å². The molecule has 15 heavy (non-hydrogen) atoms. The smallest absolute Gasteiger partial charge is 0.143 e. The lowest BCUT2D eigenvalue weighted by molar-refractivity contribution is -0.132. The van der Waals surface area contributed by atoms with Crippen LogP contribution in [0.3, 0.4) is 0 Å². The van der Waals surface area contributed by atoms with Gasteiger partial charge < -0.3 is 5.73 Å². The molecule has 0 spiro atoms. The number of hydrogen-bond donors (Lipinski definition) is 1. The van der Waals surface area contributed by atoms with Crippen molar-refractivity contribution >= 4 is 5.78 Å². The van der Waals surface area contributed by atoms with Gasteiger partial charge in [0.05, 0.1) is 0 Å². The molecule has 0 heterocycles. The van der Waals surface area contributed by atoms with Crippen molar-refractivity contribution in [2.45, 2.75) is 58.8 Å². The fourth-order valence-electron chi connectivity index (χ4n) is 2.66. The van der Waals surface area contributed by atoms with Crippen molar-refractivity contribution in [1.29, 1.82) is 0 Å². The van der Waals surface area contributed by atoms with Crippen molar-refractivity contribution in [2.24, 2.45) is 17.1 Å². The van der Waals surface area contributed by atoms with E-state index in [1.54, 1.807) is 0 Å². The number of hydrogen-bond acceptors (Lipinski definition) is 2. The summed E-state index contributed by atoms with van der Waals surface area (Å²) in [5.74, 6) is 0.612. The molecule has 1 aliphatic carbocycles. The standard InChI is InChI=1S/C13H25NO/c1-3-11(2)12(15)13(10-14)8-6-4-5-7-9-13/h11H,3-10,14H2,1-2H3. The Hall–Kier alpha value is -0.370. The number of carbonyl (C=O) groups is 1. The Morgan fingerprint density at radius 2 is 1.80 bits per heavy atom. The van der Waals surface area contributed by atoms with E-state index in [4.69, 9.17) is 5.73 Å². The highest BCUT2D eigenvalue weighted by Gasteiger charge is 2.38. The number of nitrogens with two attached hydrogens (primary N) is 1. The predicted molar refractivity (Wildman–Crippen MR) is 63.7 cm³/mol. The summed E-state index contributed by atoms with van der Waals surface area (Å²) in [4.78, 5) is 12.4. The van der Waals surface area contributed by atoms with Crippen LogP contribution in [0.2, 0.25) is 0 Å². The van der Waals surface area contributed by atoms with Crippen LogP contribution in [0.5, 0.6) is 0 Å². The maximum Gasteiger partial charge on any atom is 0.143 e. The van der Waals surface area contributed by atoms with Gasteiger partial charge in [-0.2, -0.15) is 0 Å². The maximum absolute atomic E-state index is 12.4. The lowest BCUT2D eigenvalue weighted by Crippen LogP contribution is -2.41. The van der Waals surface area contributed by atoms with Crippen LogP contribution in [0.25, 0.3) is 0 Å². The molecule has 1 saturated carbocycles. The van der Waals surface area contributed by atoms with Gasteiger partial charge in [-0.3, -0.25) is 4.79 Å². The van der Waals surface area contributed by atoms with E-state index in [-0.39, 0.29) is 11.3 Å². The van der Waals surface area contributed by atoms with E-state index < -0.39 is 0 Å². The molecule has 2 nitrogen and oxygen atoms in total. The van der Waals surface area contributed by atoms with Crippen molar-refractivity contribution in [3.05, 3.63) is 0 Å². The molecule has 0 aromatic rings. The Labute approximate surface area is 93.6 Å². The van der Waals surface area contributed by atoms with Crippen LogP contribution in [0.4, 0.5) is 0 Å². The van der Waals surface area contributed by atoms with Gasteiger partial charge in [0.1, 0.15) is 5.78 Å². The predicted octanol–water partition coefficient (Wildman–Crippen LogP) is 2.90. The van der Waals surface area contributed by atoms with Gasteiger partial charge in [-0.15, -0.1) is 0 Å². The molecule has 2 heteroatoms. The van der Waals surface area contributed by atoms with Crippen molar-refractivity contribution in [2.75, 3.05) is 6.54 Å². The Morgan fingerprint density at radius 3 is 2.20 bits per heavy atom. The summed E-state index contributed by atoms with van der Waals surface area (Å²) in [6.07, 6.45) is 7.89. The molecule has 0 aliphatic heterocycles. The molecule has 0 amide bonds. The summed E-state index contributed by atoms with van der Waals surface area (Å²) in [6, 6.07) is 0. The molecular formula is C13H25NO. The van der Waals surface area contributed by atoms with E-state index in [9.17, 15) is 4.79 Å². The van der Waals surface area contributed by atoms with Gasteiger partial charge in [-0.1, -0.05) is 39.5 Å². The normalized spacial score (nSPS) is 23.1. The summed E-state index contributed by atoms with van der Waals surface area (Å²) >= 11 is 0. The lowest BCUT2D eigenvalue weighted by atomic mass is 9.72. The molecule has 1 fully saturated rings. The van der Waals surface area contributed by atoms with Crippen LogP contribution in [-0.4, -0.2) is 12.3 Å². The van der Waals surface area contributed by atoms with Crippen LogP contribution in [-0.2, 0) is 4.79 Å². The Morgan fingerprint density at radius 1 is 1.27 bits per heavy atom. The number of carbonyl (C=O) groups excluding carboxylic acids is 1. The first-order chi connectivity index (χ1) is 7.16. The van der Waals surface area contributed by atoms with E-state index in [2.05, 4.69) is 6.92 Å². The summed E-state index contributed by atoms with van der Waals surface area (Å²) < 4.78 is 0. The van der Waals surface area contributed by atoms with Gasteiger partial charge in [0, 0.05) is 17.9 Å². The first-order valence-electron chi connectivity index (χ1n) is 6.40. The number of ketones is 1. The Kier molecular flexibility index (Phi) is 4.78. The van der Waals surface area contributed by atoms with E-state index in [0.29, 0.717) is 12.3 Å². The zero-order chi connectivity index (χ0) is 11.3. The fourth-order valence-corrected chi connectivity index (χ4v) is 2.66. The average molecular weight is 211 g/mol. The fraction of sp³-hybridized carbons (Fsp3) is 0.923. The molecule has 1 aliphatic rings. The minimum atomic E-state index is -0.175. The Bertz CT molecular complexity index is 205. The highest BCUT2D eigenvalue weighted by atomic mass is 16.1. The zero-order valence-electron chi connectivity index (χ0n) is 10.2. The monoisotopic (exact) mass is 211 g/mol. The summed E-state index contributed by atoms with van der Waals surface area (Å²) in [5.41, 5.74) is 5.71. The van der Waals surface area contributed by atoms with E-state index in [1.165, 1.54) is 25.7 Å². The van der Waals surface area contributed by atoms with Crippen LogP contribution in [0.15, 0.2) is 0 Å². The van der Waals surface area contributed by atoms with Crippen molar-refractivity contribution in [3.63, 3.8) is 0 Å². The molecule has 1 unspecified atom stereocenters. The highest BCUT2D eigenvalue weighted by Crippen LogP contribution is 2.37. The molecule has 0 aromatic carbocycles. The maximum atomic E-state index is 12.4. The van der Waals surface area contributed by atoms with E-state index in [1.807, 2.05) is 6.92 Å². The first kappa shape index (κ1) is 12.7. The van der Waals surface area contributed by atoms with Gasteiger partial charge in [-0.25, -0.2) is 0 Å². The third-order valence-electron chi connectivity index (χ3n) is 4.03. The van der Waals surface area contributed by atoms with Crippen molar-refractivity contribution in [3.8, 4) is 0 Å². The molecule has 0 aromatic heterocycles. The highest BCUT2D eigenvalue weighted by molar-refractivity contribution is 5.87. The SMILES string of the molecule is CCC(C)C(=O)C1(CN)CCCCCC1. The second-order valence-electron chi connectivity index (χ2n) is 5.07. The van der Waals surface area contributed by atoms with Gasteiger partial charge in [0.15, 0.2) is 0 Å². The second kappa shape index (κ2) is 5.64. The van der Waals surface area contributed by atoms with Crippen LogP contribution < -0.4 is 5.73 Å². The molecule has 88 valence electrons. The topological polar surface area (TPSA) is 43.1 Å². The van der Waals surface area contributed by atoms with Crippen LogP contribution in [0, 0.1) is 11.3 Å². The molecule has 1 rings (SSSR count). The average Bonchev–Trinajstić information content (AvgIpc) is 2.53. The quantitative estimate of drug-likeness (QED) is 0.727. The largest absolute Gasteiger partial charge is 0.329 e. The lowest BCUT2D eigenvalue weighted by Gasteiger charge is -2.32. The Balaban J connectivity index is 2.76. The molecule has 0 bridgehead atoms. The minimum Gasteiger partial charge on any atom is -0.329 e. The number of rotatable bonds is 4. The van der Waals surface area contributed by atoms with Crippen molar-refractivity contribution < 1.29 is 4.79 Å². The second-order valence-corrected chi connectivity index (χ2v) is 5.07. The van der Waals surface area contributed by atoms with E-state index in [0.717, 1.165) is 19.3 Å². The van der Waals surface area contributed by atoms with Gasteiger partial charge >= 0.3 is 0 Å². The third-order valence-corrected chi connectivity index (χ3v) is 4.03. The summed E-state index contributed by atoms with van der Waals surface area (Å²) in [6.45, 7) is 4.68. The first-order valence-corrected chi connectivity index (χ1v) is 6.40. The van der Waals surface area contributed by atoms with Gasteiger partial charge in [-0.05, 0) is 19.3 Å². The summed E-state index contributed by atoms with van der Waals surface area (Å²) in [7, 11) is 0. The van der Waals surface area contributed by atoms with Crippen LogP contribution >= 0.6 is 0 Å². The molecular weight excluding hydrogens is 186 g/mol. The summed E-state index contributed by atoms with van der Waals surface area (Å²) in [5, 5.41) is 0. The van der Waals surface area contributed by atoms with Crippen LogP contribution in [0.1, 0.15) is 58.8 Å². The van der Waals surface area contributed by atoms with Gasteiger partial charge in [0.25, 0.3) is 0 Å².